The van der Waals surface area contributed by atoms with Gasteiger partial charge in [-0.3, -0.25) is 4.79 Å². The summed E-state index contributed by atoms with van der Waals surface area (Å²) in [7, 11) is 0. The van der Waals surface area contributed by atoms with Gasteiger partial charge in [0.25, 0.3) is 0 Å². The van der Waals surface area contributed by atoms with Gasteiger partial charge in [0.1, 0.15) is 0 Å². The zero-order chi connectivity index (χ0) is 12.3. The molecule has 0 aliphatic carbocycles. The van der Waals surface area contributed by atoms with Gasteiger partial charge in [0, 0.05) is 18.0 Å². The fourth-order valence-electron chi connectivity index (χ4n) is 1.50. The van der Waals surface area contributed by atoms with Crippen LogP contribution in [0, 0.1) is 0 Å². The standard InChI is InChI=1S/C12H10N2O3/c15-10(9-4-2-1-3-5-9)8-14-7-6-13-11(14)12(16)17/h1-7H,8H2,(H,16,17). The lowest BCUT2D eigenvalue weighted by Gasteiger charge is -2.04. The molecule has 0 aliphatic heterocycles. The molecule has 1 aromatic carbocycles. The minimum atomic E-state index is -1.14. The van der Waals surface area contributed by atoms with Crippen LogP contribution in [-0.2, 0) is 6.54 Å². The van der Waals surface area contributed by atoms with E-state index in [9.17, 15) is 9.59 Å². The molecule has 1 aromatic heterocycles. The summed E-state index contributed by atoms with van der Waals surface area (Å²) in [5, 5.41) is 8.84. The maximum Gasteiger partial charge on any atom is 0.372 e. The third-order valence-electron chi connectivity index (χ3n) is 2.32. The van der Waals surface area contributed by atoms with E-state index in [1.54, 1.807) is 24.3 Å². The van der Waals surface area contributed by atoms with Gasteiger partial charge in [-0.2, -0.15) is 0 Å². The largest absolute Gasteiger partial charge is 0.475 e. The van der Waals surface area contributed by atoms with Crippen molar-refractivity contribution in [1.29, 1.82) is 0 Å². The zero-order valence-corrected chi connectivity index (χ0v) is 8.91. The van der Waals surface area contributed by atoms with E-state index >= 15 is 0 Å². The highest BCUT2D eigenvalue weighted by atomic mass is 16.4. The summed E-state index contributed by atoms with van der Waals surface area (Å²) in [5.41, 5.74) is 0.553. The summed E-state index contributed by atoms with van der Waals surface area (Å²) in [6, 6.07) is 8.73. The molecule has 1 N–H and O–H groups in total. The van der Waals surface area contributed by atoms with Crippen molar-refractivity contribution in [3.63, 3.8) is 0 Å². The predicted molar refractivity (Wildman–Crippen MR) is 60.0 cm³/mol. The van der Waals surface area contributed by atoms with Crippen LogP contribution in [0.15, 0.2) is 42.7 Å². The summed E-state index contributed by atoms with van der Waals surface area (Å²) in [5.74, 6) is -1.42. The van der Waals surface area contributed by atoms with Crippen molar-refractivity contribution in [2.75, 3.05) is 0 Å². The Hall–Kier alpha value is -2.43. The smallest absolute Gasteiger partial charge is 0.372 e. The maximum atomic E-state index is 11.8. The molecule has 0 atom stereocenters. The number of carboxylic acid groups (broad SMARTS) is 1. The van der Waals surface area contributed by atoms with Gasteiger partial charge in [0.2, 0.25) is 5.82 Å². The van der Waals surface area contributed by atoms with Crippen molar-refractivity contribution in [2.24, 2.45) is 0 Å². The Balaban J connectivity index is 2.19. The quantitative estimate of drug-likeness (QED) is 0.807. The topological polar surface area (TPSA) is 72.2 Å². The molecule has 86 valence electrons. The van der Waals surface area contributed by atoms with Crippen LogP contribution >= 0.6 is 0 Å². The molecular weight excluding hydrogens is 220 g/mol. The van der Waals surface area contributed by atoms with Gasteiger partial charge >= 0.3 is 5.97 Å². The number of rotatable bonds is 4. The normalized spacial score (nSPS) is 10.1. The molecular formula is C12H10N2O3. The Labute approximate surface area is 97.3 Å². The predicted octanol–water partition coefficient (Wildman–Crippen LogP) is 1.46. The van der Waals surface area contributed by atoms with Crippen LogP contribution < -0.4 is 0 Å². The van der Waals surface area contributed by atoms with Gasteiger partial charge in [-0.15, -0.1) is 0 Å². The molecule has 0 saturated heterocycles. The van der Waals surface area contributed by atoms with Crippen molar-refractivity contribution in [1.82, 2.24) is 9.55 Å². The number of hydrogen-bond acceptors (Lipinski definition) is 3. The highest BCUT2D eigenvalue weighted by Crippen LogP contribution is 2.04. The Morgan fingerprint density at radius 3 is 2.59 bits per heavy atom. The third kappa shape index (κ3) is 2.39. The summed E-state index contributed by atoms with van der Waals surface area (Å²) in [6.45, 7) is -0.0222. The van der Waals surface area contributed by atoms with Gasteiger partial charge in [-0.25, -0.2) is 9.78 Å². The first kappa shape index (κ1) is 11.1. The number of aromatic carboxylic acids is 1. The van der Waals surface area contributed by atoms with E-state index in [0.717, 1.165) is 0 Å². The third-order valence-corrected chi connectivity index (χ3v) is 2.32. The summed E-state index contributed by atoms with van der Waals surface area (Å²) >= 11 is 0. The number of ketones is 1. The van der Waals surface area contributed by atoms with Gasteiger partial charge < -0.3 is 9.67 Å². The minimum absolute atomic E-state index is 0.0222. The van der Waals surface area contributed by atoms with Crippen LogP contribution in [0.5, 0.6) is 0 Å². The van der Waals surface area contributed by atoms with Crippen LogP contribution in [0.2, 0.25) is 0 Å². The molecule has 0 unspecified atom stereocenters. The average molecular weight is 230 g/mol. The van der Waals surface area contributed by atoms with E-state index < -0.39 is 5.97 Å². The molecule has 0 spiro atoms. The van der Waals surface area contributed by atoms with E-state index in [1.165, 1.54) is 17.0 Å². The summed E-state index contributed by atoms with van der Waals surface area (Å²) in [6.07, 6.45) is 2.84. The summed E-state index contributed by atoms with van der Waals surface area (Å²) < 4.78 is 1.32. The van der Waals surface area contributed by atoms with E-state index in [0.29, 0.717) is 5.56 Å². The second kappa shape index (κ2) is 4.61. The Kier molecular flexibility index (Phi) is 3.00. The van der Waals surface area contributed by atoms with Crippen molar-refractivity contribution in [3.8, 4) is 0 Å². The van der Waals surface area contributed by atoms with Gasteiger partial charge in [0.15, 0.2) is 5.78 Å². The lowest BCUT2D eigenvalue weighted by Crippen LogP contribution is -2.15. The SMILES string of the molecule is O=C(Cn1ccnc1C(=O)O)c1ccccc1. The van der Waals surface area contributed by atoms with Crippen molar-refractivity contribution in [3.05, 3.63) is 54.1 Å². The Morgan fingerprint density at radius 1 is 1.24 bits per heavy atom. The molecule has 0 radical (unpaired) electrons. The minimum Gasteiger partial charge on any atom is -0.475 e. The fraction of sp³-hybridized carbons (Fsp3) is 0.0833. The molecule has 2 aromatic rings. The molecule has 0 saturated carbocycles. The Bertz CT molecular complexity index is 546. The van der Waals surface area contributed by atoms with Crippen LogP contribution in [0.4, 0.5) is 0 Å². The van der Waals surface area contributed by atoms with Crippen molar-refractivity contribution >= 4 is 11.8 Å². The number of hydrogen-bond donors (Lipinski definition) is 1. The number of nitrogens with zero attached hydrogens (tertiary/aromatic N) is 2. The number of carboxylic acids is 1. The van der Waals surface area contributed by atoms with Gasteiger partial charge in [-0.05, 0) is 0 Å². The molecule has 0 aliphatic rings. The molecule has 2 rings (SSSR count). The number of carbonyl (C=O) groups is 2. The number of imidazole rings is 1. The highest BCUT2D eigenvalue weighted by Gasteiger charge is 2.14. The van der Waals surface area contributed by atoms with Crippen LogP contribution in [-0.4, -0.2) is 26.4 Å². The lowest BCUT2D eigenvalue weighted by atomic mass is 10.1. The Morgan fingerprint density at radius 2 is 1.94 bits per heavy atom. The molecule has 5 heteroatoms. The van der Waals surface area contributed by atoms with E-state index in [2.05, 4.69) is 4.98 Å². The summed E-state index contributed by atoms with van der Waals surface area (Å²) in [4.78, 5) is 26.3. The first-order chi connectivity index (χ1) is 8.18. The van der Waals surface area contributed by atoms with Crippen LogP contribution in [0.1, 0.15) is 21.0 Å². The van der Waals surface area contributed by atoms with Crippen molar-refractivity contribution < 1.29 is 14.7 Å². The second-order valence-corrected chi connectivity index (χ2v) is 3.47. The van der Waals surface area contributed by atoms with Crippen molar-refractivity contribution in [2.45, 2.75) is 6.54 Å². The fourth-order valence-corrected chi connectivity index (χ4v) is 1.50. The van der Waals surface area contributed by atoms with E-state index in [4.69, 9.17) is 5.11 Å². The number of aromatic nitrogens is 2. The molecule has 0 bridgehead atoms. The second-order valence-electron chi connectivity index (χ2n) is 3.47. The number of benzene rings is 1. The lowest BCUT2D eigenvalue weighted by molar-refractivity contribution is 0.0678. The van der Waals surface area contributed by atoms with Gasteiger partial charge in [0.05, 0.1) is 6.54 Å². The van der Waals surface area contributed by atoms with Crippen LogP contribution in [0.3, 0.4) is 0 Å². The first-order valence-electron chi connectivity index (χ1n) is 5.01. The molecule has 0 amide bonds. The molecule has 1 heterocycles. The van der Waals surface area contributed by atoms with Crippen LogP contribution in [0.25, 0.3) is 0 Å². The first-order valence-corrected chi connectivity index (χ1v) is 5.01. The number of Topliss-reactive ketones (excluding diaryl/α,β-unsaturated/α-hetero) is 1. The van der Waals surface area contributed by atoms with Gasteiger partial charge in [-0.1, -0.05) is 30.3 Å². The molecule has 17 heavy (non-hydrogen) atoms. The maximum absolute atomic E-state index is 11.8. The van der Waals surface area contributed by atoms with E-state index in [-0.39, 0.29) is 18.2 Å². The number of carbonyl (C=O) groups excluding carboxylic acids is 1. The zero-order valence-electron chi connectivity index (χ0n) is 8.91. The average Bonchev–Trinajstić information content (AvgIpc) is 2.78. The van der Waals surface area contributed by atoms with E-state index in [1.807, 2.05) is 6.07 Å². The molecule has 0 fully saturated rings. The highest BCUT2D eigenvalue weighted by molar-refractivity contribution is 5.96. The molecule has 5 nitrogen and oxygen atoms in total. The monoisotopic (exact) mass is 230 g/mol.